The van der Waals surface area contributed by atoms with Gasteiger partial charge in [-0.05, 0) is 42.8 Å². The van der Waals surface area contributed by atoms with Gasteiger partial charge in [0.2, 0.25) is 0 Å². The highest BCUT2D eigenvalue weighted by atomic mass is 79.9. The molecule has 23 heavy (non-hydrogen) atoms. The molecule has 2 nitrogen and oxygen atoms in total. The van der Waals surface area contributed by atoms with Gasteiger partial charge in [0.25, 0.3) is 5.91 Å². The number of halogens is 3. The number of rotatable bonds is 2. The molecule has 1 aliphatic rings. The molecular weight excluding hydrogens is 381 g/mol. The molecule has 1 amide bonds. The summed E-state index contributed by atoms with van der Waals surface area (Å²) in [7, 11) is 0. The van der Waals surface area contributed by atoms with Crippen molar-refractivity contribution in [2.24, 2.45) is 0 Å². The molecule has 0 N–H and O–H groups in total. The van der Waals surface area contributed by atoms with Gasteiger partial charge in [0.15, 0.2) is 0 Å². The Morgan fingerprint density at radius 1 is 1.39 bits per heavy atom. The van der Waals surface area contributed by atoms with Crippen LogP contribution < -0.4 is 4.90 Å². The first-order valence-corrected chi connectivity index (χ1v) is 8.28. The van der Waals surface area contributed by atoms with Crippen LogP contribution in [0.1, 0.15) is 28.8 Å². The van der Waals surface area contributed by atoms with Crippen molar-refractivity contribution in [3.8, 4) is 0 Å². The molecule has 0 radical (unpaired) electrons. The Morgan fingerprint density at radius 2 is 2.13 bits per heavy atom. The molecule has 1 atom stereocenters. The second kappa shape index (κ2) is 6.10. The lowest BCUT2D eigenvalue weighted by Gasteiger charge is -2.35. The minimum absolute atomic E-state index is 0.0733. The summed E-state index contributed by atoms with van der Waals surface area (Å²) in [5.41, 5.74) is 2.49. The Bertz CT molecular complexity index is 800. The standard InChI is InChI=1S/C18H14BrClFNO/c1-10(2)14-9-22(17-15(20)4-3-5-16(17)21)18(23)12-7-6-11(19)8-13(12)14/h3-8,14H,1,9H2,2H3/t14-/m1/s1. The third kappa shape index (κ3) is 2.81. The van der Waals surface area contributed by atoms with Gasteiger partial charge in [-0.2, -0.15) is 0 Å². The second-order valence-corrected chi connectivity index (χ2v) is 6.94. The van der Waals surface area contributed by atoms with E-state index in [9.17, 15) is 9.18 Å². The Labute approximate surface area is 147 Å². The zero-order chi connectivity index (χ0) is 16.7. The van der Waals surface area contributed by atoms with E-state index in [1.807, 2.05) is 13.0 Å². The first-order chi connectivity index (χ1) is 10.9. The SMILES string of the molecule is C=C(C)[C@H]1CN(c2c(F)cccc2Cl)C(=O)c2ccc(Br)cc21. The van der Waals surface area contributed by atoms with E-state index < -0.39 is 5.82 Å². The van der Waals surface area contributed by atoms with Crippen molar-refractivity contribution in [3.63, 3.8) is 0 Å². The predicted molar refractivity (Wildman–Crippen MR) is 94.8 cm³/mol. The van der Waals surface area contributed by atoms with Crippen LogP contribution in [0.4, 0.5) is 10.1 Å². The van der Waals surface area contributed by atoms with E-state index in [1.165, 1.54) is 17.0 Å². The quantitative estimate of drug-likeness (QED) is 0.611. The number of hydrogen-bond donors (Lipinski definition) is 0. The van der Waals surface area contributed by atoms with Crippen LogP contribution in [0.5, 0.6) is 0 Å². The monoisotopic (exact) mass is 393 g/mol. The van der Waals surface area contributed by atoms with Gasteiger partial charge in [0.1, 0.15) is 5.82 Å². The van der Waals surface area contributed by atoms with Crippen LogP contribution in [0.3, 0.4) is 0 Å². The molecule has 0 aromatic heterocycles. The van der Waals surface area contributed by atoms with E-state index in [1.54, 1.807) is 18.2 Å². The van der Waals surface area contributed by atoms with E-state index in [0.717, 1.165) is 15.6 Å². The number of carbonyl (C=O) groups excluding carboxylic acids is 1. The number of anilines is 1. The summed E-state index contributed by atoms with van der Waals surface area (Å²) < 4.78 is 15.2. The van der Waals surface area contributed by atoms with E-state index in [-0.39, 0.29) is 22.5 Å². The number of carbonyl (C=O) groups is 1. The Hall–Kier alpha value is -1.65. The van der Waals surface area contributed by atoms with Gasteiger partial charge in [-0.25, -0.2) is 4.39 Å². The van der Waals surface area contributed by atoms with Crippen molar-refractivity contribution in [1.29, 1.82) is 0 Å². The first kappa shape index (κ1) is 16.2. The van der Waals surface area contributed by atoms with Gasteiger partial charge in [-0.1, -0.05) is 45.7 Å². The topological polar surface area (TPSA) is 20.3 Å². The maximum absolute atomic E-state index is 14.3. The number of para-hydroxylation sites is 1. The van der Waals surface area contributed by atoms with E-state index in [2.05, 4.69) is 22.5 Å². The molecule has 0 fully saturated rings. The van der Waals surface area contributed by atoms with E-state index in [4.69, 9.17) is 11.6 Å². The zero-order valence-electron chi connectivity index (χ0n) is 12.4. The number of fused-ring (bicyclic) bond motifs is 1. The third-order valence-electron chi connectivity index (χ3n) is 4.03. The van der Waals surface area contributed by atoms with Crippen molar-refractivity contribution in [3.05, 3.63) is 75.0 Å². The maximum Gasteiger partial charge on any atom is 0.258 e. The molecule has 0 bridgehead atoms. The summed E-state index contributed by atoms with van der Waals surface area (Å²) in [4.78, 5) is 14.3. The molecule has 0 unspecified atom stereocenters. The lowest BCUT2D eigenvalue weighted by molar-refractivity contribution is 0.0977. The van der Waals surface area contributed by atoms with Crippen molar-refractivity contribution in [2.75, 3.05) is 11.4 Å². The zero-order valence-corrected chi connectivity index (χ0v) is 14.8. The molecule has 1 heterocycles. The fraction of sp³-hybridized carbons (Fsp3) is 0.167. The fourth-order valence-electron chi connectivity index (χ4n) is 2.89. The fourth-order valence-corrected chi connectivity index (χ4v) is 3.53. The first-order valence-electron chi connectivity index (χ1n) is 7.11. The minimum atomic E-state index is -0.508. The van der Waals surface area contributed by atoms with E-state index >= 15 is 0 Å². The second-order valence-electron chi connectivity index (χ2n) is 5.62. The molecule has 2 aromatic carbocycles. The van der Waals surface area contributed by atoms with Crippen LogP contribution >= 0.6 is 27.5 Å². The molecule has 0 saturated carbocycles. The summed E-state index contributed by atoms with van der Waals surface area (Å²) in [6.07, 6.45) is 0. The van der Waals surface area contributed by atoms with Crippen LogP contribution in [-0.4, -0.2) is 12.5 Å². The molecule has 0 saturated heterocycles. The van der Waals surface area contributed by atoms with Crippen molar-refractivity contribution in [2.45, 2.75) is 12.8 Å². The van der Waals surface area contributed by atoms with Crippen LogP contribution in [-0.2, 0) is 0 Å². The third-order valence-corrected chi connectivity index (χ3v) is 4.83. The lowest BCUT2D eigenvalue weighted by atomic mass is 9.85. The highest BCUT2D eigenvalue weighted by Crippen LogP contribution is 2.39. The minimum Gasteiger partial charge on any atom is -0.303 e. The molecule has 0 spiro atoms. The van der Waals surface area contributed by atoms with Gasteiger partial charge in [0, 0.05) is 22.5 Å². The highest BCUT2D eigenvalue weighted by molar-refractivity contribution is 9.10. The van der Waals surface area contributed by atoms with Gasteiger partial charge >= 0.3 is 0 Å². The van der Waals surface area contributed by atoms with Crippen molar-refractivity contribution in [1.82, 2.24) is 0 Å². The molecule has 118 valence electrons. The molecule has 2 aromatic rings. The van der Waals surface area contributed by atoms with E-state index in [0.29, 0.717) is 12.1 Å². The Balaban J connectivity index is 2.18. The average Bonchev–Trinajstić information content (AvgIpc) is 2.48. The molecule has 0 aliphatic carbocycles. The smallest absolute Gasteiger partial charge is 0.258 e. The number of nitrogens with zero attached hydrogens (tertiary/aromatic N) is 1. The molecular formula is C18H14BrClFNO. The predicted octanol–water partition coefficient (Wildman–Crippen LogP) is 5.56. The lowest BCUT2D eigenvalue weighted by Crippen LogP contribution is -2.41. The maximum atomic E-state index is 14.3. The Kier molecular flexibility index (Phi) is 4.30. The summed E-state index contributed by atoms with van der Waals surface area (Å²) in [6.45, 7) is 6.25. The van der Waals surface area contributed by atoms with Gasteiger partial charge < -0.3 is 4.90 Å². The highest BCUT2D eigenvalue weighted by Gasteiger charge is 2.34. The summed E-state index contributed by atoms with van der Waals surface area (Å²) >= 11 is 9.58. The molecule has 1 aliphatic heterocycles. The number of amides is 1. The summed E-state index contributed by atoms with van der Waals surface area (Å²) in [5.74, 6) is -0.834. The van der Waals surface area contributed by atoms with Crippen LogP contribution in [0.25, 0.3) is 0 Å². The molecule has 3 rings (SSSR count). The largest absolute Gasteiger partial charge is 0.303 e. The summed E-state index contributed by atoms with van der Waals surface area (Å²) in [6, 6.07) is 9.89. The Morgan fingerprint density at radius 3 is 2.78 bits per heavy atom. The van der Waals surface area contributed by atoms with Crippen LogP contribution in [0, 0.1) is 5.82 Å². The number of hydrogen-bond acceptors (Lipinski definition) is 1. The van der Waals surface area contributed by atoms with Gasteiger partial charge in [-0.15, -0.1) is 0 Å². The molecule has 5 heteroatoms. The van der Waals surface area contributed by atoms with Gasteiger partial charge in [0.05, 0.1) is 10.7 Å². The van der Waals surface area contributed by atoms with Crippen molar-refractivity contribution < 1.29 is 9.18 Å². The van der Waals surface area contributed by atoms with Crippen LogP contribution in [0.2, 0.25) is 5.02 Å². The normalized spacial score (nSPS) is 17.1. The van der Waals surface area contributed by atoms with Gasteiger partial charge in [-0.3, -0.25) is 4.79 Å². The van der Waals surface area contributed by atoms with Crippen LogP contribution in [0.15, 0.2) is 53.0 Å². The van der Waals surface area contributed by atoms with Crippen molar-refractivity contribution >= 4 is 39.1 Å². The summed E-state index contributed by atoms with van der Waals surface area (Å²) in [5, 5.41) is 0.222. The average molecular weight is 395 g/mol. The number of benzene rings is 2.